The van der Waals surface area contributed by atoms with Gasteiger partial charge in [-0.3, -0.25) is 48.1 Å². The molecular weight excluding hydrogens is 1010 g/mol. The van der Waals surface area contributed by atoms with Crippen LogP contribution in [0.25, 0.3) is 11.1 Å². The third-order valence-corrected chi connectivity index (χ3v) is 12.4. The minimum Gasteiger partial charge on any atom is -0.481 e. The minimum atomic E-state index is -1.77. The summed E-state index contributed by atoms with van der Waals surface area (Å²) < 4.78 is 40.2. The maximum Gasteiger partial charge on any atom is 0.327 e. The van der Waals surface area contributed by atoms with E-state index < -0.39 is 163 Å². The molecule has 0 fully saturated rings. The average molecular weight is 1070 g/mol. The highest BCUT2D eigenvalue weighted by Crippen LogP contribution is 2.41. The molecule has 0 aliphatic carbocycles. The summed E-state index contributed by atoms with van der Waals surface area (Å²) in [5.74, 6) is -14.4. The predicted molar refractivity (Wildman–Crippen MR) is 264 cm³/mol. The number of aromatic nitrogens is 1. The summed E-state index contributed by atoms with van der Waals surface area (Å²) in [6.07, 6.45) is 0.700. The van der Waals surface area contributed by atoms with Crippen LogP contribution < -0.4 is 32.7 Å². The summed E-state index contributed by atoms with van der Waals surface area (Å²) in [4.78, 5) is 140. The van der Waals surface area contributed by atoms with E-state index in [1.165, 1.54) is 4.90 Å². The fourth-order valence-corrected chi connectivity index (χ4v) is 8.68. The first-order valence-electron chi connectivity index (χ1n) is 23.6. The molecule has 3 aromatic rings. The highest BCUT2D eigenvalue weighted by Gasteiger charge is 2.38. The fourth-order valence-electron chi connectivity index (χ4n) is 7.76. The lowest BCUT2D eigenvalue weighted by Crippen LogP contribution is -2.55. The molecule has 0 saturated carbocycles. The predicted octanol–water partition coefficient (Wildman–Crippen LogP) is 0.643. The van der Waals surface area contributed by atoms with Gasteiger partial charge in [0.25, 0.3) is 11.8 Å². The van der Waals surface area contributed by atoms with Gasteiger partial charge in [0.15, 0.2) is 1.41 Å². The number of carboxylic acids is 3. The summed E-state index contributed by atoms with van der Waals surface area (Å²) in [7, 11) is 0. The third-order valence-electron chi connectivity index (χ3n) is 11.4. The molecule has 8 amide bonds. The van der Waals surface area contributed by atoms with Crippen LogP contribution in [0.15, 0.2) is 72.9 Å². The van der Waals surface area contributed by atoms with Gasteiger partial charge in [-0.1, -0.05) is 51.1 Å². The van der Waals surface area contributed by atoms with Crippen molar-refractivity contribution < 1.29 is 78.3 Å². The highest BCUT2D eigenvalue weighted by molar-refractivity contribution is 8.00. The van der Waals surface area contributed by atoms with Crippen LogP contribution in [0.5, 0.6) is 0 Å². The monoisotopic (exact) mass is 1070 g/mol. The second kappa shape index (κ2) is 27.3. The number of primary amides is 1. The summed E-state index contributed by atoms with van der Waals surface area (Å²) in [5.41, 5.74) is 12.0. The van der Waals surface area contributed by atoms with E-state index in [1.54, 1.807) is 55.8 Å². The number of imide groups is 1. The van der Waals surface area contributed by atoms with E-state index in [4.69, 9.17) is 18.0 Å². The van der Waals surface area contributed by atoms with Crippen LogP contribution >= 0.6 is 11.8 Å². The van der Waals surface area contributed by atoms with Gasteiger partial charge in [0, 0.05) is 73.4 Å². The van der Waals surface area contributed by atoms with E-state index in [0.29, 0.717) is 15.9 Å². The van der Waals surface area contributed by atoms with Crippen molar-refractivity contribution >= 4 is 76.9 Å². The van der Waals surface area contributed by atoms with Gasteiger partial charge in [-0.2, -0.15) is 0 Å². The fraction of sp³-hybridized carbons (Fsp3) is 0.408. The zero-order chi connectivity index (χ0) is 56.6. The average Bonchev–Trinajstić information content (AvgIpc) is 3.89. The summed E-state index contributed by atoms with van der Waals surface area (Å²) in [6, 6.07) is 5.93. The van der Waals surface area contributed by atoms with Crippen LogP contribution in [0.4, 0.5) is 8.78 Å². The number of thioether (sulfide) groups is 1. The van der Waals surface area contributed by atoms with Crippen molar-refractivity contribution in [3.8, 4) is 11.1 Å². The van der Waals surface area contributed by atoms with E-state index in [9.17, 15) is 67.3 Å². The summed E-state index contributed by atoms with van der Waals surface area (Å²) in [6.45, 7) is 3.75. The number of amides is 8. The topological polar surface area (TPSA) is 360 Å². The lowest BCUT2D eigenvalue weighted by Gasteiger charge is -2.41. The molecule has 0 radical (unpaired) electrons. The Balaban J connectivity index is 1.64. The van der Waals surface area contributed by atoms with Crippen LogP contribution in [-0.4, -0.2) is 150 Å². The molecule has 5 atom stereocenters. The molecule has 26 heteroatoms. The number of rotatable bonds is 29. The maximum absolute atomic E-state index is 15.4. The van der Waals surface area contributed by atoms with Gasteiger partial charge in [-0.05, 0) is 48.1 Å². The number of carbonyl (C=O) groups is 11. The molecule has 0 unspecified atom stereocenters. The normalized spacial score (nSPS) is 14.4. The molecule has 4 rings (SSSR count). The molecule has 75 heavy (non-hydrogen) atoms. The lowest BCUT2D eigenvalue weighted by atomic mass is 9.82. The standard InChI is InChI=1S/C49H59F2N9O14S/c1-49(2,3)44(36-19-28(30-20-29(50)9-10-31(30)51)23-58(36)22-27-7-5-4-6-8-27)59(18-16-32(52)45(69)54-17-15-38(62)55-33(47(71)72)11-14-43(67)68)42(66)26-75-25-35(48(73)74)57-46(70)34(21-37(53)61)56-39(63)24-60-40(64)12-13-41(60)65/h4-10,12-13,19-20,23,32-35,44H,11,14-18,21-22,24-26,52H2,1-3H3,(H2,53,61)(H,54,69)(H,55,62)(H,56,63)(H,57,70)(H,67,68)(H,71,72)(H,73,74)/t32-,33-,34-,35-,44-/m0/s1/i/hD. The minimum absolute atomic E-state index is 0.0989. The van der Waals surface area contributed by atoms with Crippen LogP contribution in [0.3, 0.4) is 0 Å². The Labute approximate surface area is 434 Å². The van der Waals surface area contributed by atoms with Crippen molar-refractivity contribution in [3.63, 3.8) is 0 Å². The second-order valence-corrected chi connectivity index (χ2v) is 19.3. The first-order chi connectivity index (χ1) is 35.7. The Hall–Kier alpha value is -8.00. The largest absolute Gasteiger partial charge is 0.481 e. The SMILES string of the molecule is [2H]N(CCC(=O)N[C@@H](CCC(=O)O)C(=O)O)C(=O)[C@@H](N)CCN(C(=O)CSC[C@H](NC(=O)[C@H](CC(N)=O)NC(=O)CN1C(=O)C=CC1=O)C(=O)O)[C@@H](c1cc(-c2cc(F)ccc2F)cn1Cc1ccccc1)C(C)(C)C. The van der Waals surface area contributed by atoms with E-state index in [-0.39, 0.29) is 30.6 Å². The van der Waals surface area contributed by atoms with E-state index in [1.807, 2.05) is 12.1 Å². The number of nitrogens with zero attached hydrogens (tertiary/aromatic N) is 3. The molecule has 0 spiro atoms. The number of nitrogens with two attached hydrogens (primary N) is 2. The quantitative estimate of drug-likeness (QED) is 0.0431. The Morgan fingerprint density at radius 1 is 0.813 bits per heavy atom. The van der Waals surface area contributed by atoms with Crippen LogP contribution in [0.1, 0.15) is 70.2 Å². The Kier molecular flexibility index (Phi) is 21.1. The molecule has 11 N–H and O–H groups in total. The molecule has 23 nitrogen and oxygen atoms in total. The van der Waals surface area contributed by atoms with Crippen molar-refractivity contribution in [1.29, 1.82) is 0 Å². The first kappa shape index (κ1) is 57.9. The number of nitrogens with one attached hydrogen (secondary N) is 4. The van der Waals surface area contributed by atoms with Gasteiger partial charge in [0.2, 0.25) is 35.4 Å². The summed E-state index contributed by atoms with van der Waals surface area (Å²) >= 11 is 0.738. The molecular formula is C49H59F2N9O14S. The molecule has 0 bridgehead atoms. The highest BCUT2D eigenvalue weighted by atomic mass is 32.2. The van der Waals surface area contributed by atoms with Crippen LogP contribution in [0, 0.1) is 17.0 Å². The Morgan fingerprint density at radius 2 is 1.45 bits per heavy atom. The van der Waals surface area contributed by atoms with E-state index in [2.05, 4.69) is 16.0 Å². The number of benzene rings is 2. The third kappa shape index (κ3) is 18.2. The van der Waals surface area contributed by atoms with Crippen molar-refractivity contribution in [2.75, 3.05) is 31.1 Å². The van der Waals surface area contributed by atoms with Crippen LogP contribution in [0.2, 0.25) is 1.41 Å². The van der Waals surface area contributed by atoms with Gasteiger partial charge in [0.1, 0.15) is 36.3 Å². The number of hydrogen-bond acceptors (Lipinski definition) is 13. The van der Waals surface area contributed by atoms with Crippen molar-refractivity contribution in [1.82, 2.24) is 35.6 Å². The van der Waals surface area contributed by atoms with Gasteiger partial charge in [-0.25, -0.2) is 18.4 Å². The lowest BCUT2D eigenvalue weighted by molar-refractivity contribution is -0.143. The Morgan fingerprint density at radius 3 is 2.05 bits per heavy atom. The molecule has 2 heterocycles. The molecule has 2 aromatic carbocycles. The van der Waals surface area contributed by atoms with Gasteiger partial charge in [0.05, 0.1) is 24.3 Å². The number of carbonyl (C=O) groups excluding carboxylic acids is 8. The number of carboxylic acid groups (broad SMARTS) is 3. The van der Waals surface area contributed by atoms with Crippen LogP contribution in [-0.2, 0) is 59.3 Å². The smallest absolute Gasteiger partial charge is 0.327 e. The Bertz CT molecular complexity index is 2700. The summed E-state index contributed by atoms with van der Waals surface area (Å²) in [5, 5.41) is 35.4. The first-order valence-corrected chi connectivity index (χ1v) is 24.3. The second-order valence-electron chi connectivity index (χ2n) is 18.3. The van der Waals surface area contributed by atoms with Gasteiger partial charge >= 0.3 is 17.9 Å². The van der Waals surface area contributed by atoms with Crippen molar-refractivity contribution in [2.24, 2.45) is 16.9 Å². The number of aliphatic carboxylic acids is 3. The van der Waals surface area contributed by atoms with Crippen molar-refractivity contribution in [3.05, 3.63) is 95.8 Å². The number of halogens is 2. The van der Waals surface area contributed by atoms with Gasteiger partial charge < -0.3 is 57.5 Å². The number of hydrogen-bond donors (Lipinski definition) is 9. The zero-order valence-corrected chi connectivity index (χ0v) is 41.8. The van der Waals surface area contributed by atoms with Crippen molar-refractivity contribution in [2.45, 2.75) is 89.6 Å². The molecule has 1 aromatic heterocycles. The molecule has 0 saturated heterocycles. The zero-order valence-electron chi connectivity index (χ0n) is 42.0. The molecule has 1 aliphatic rings. The molecule has 1 aliphatic heterocycles. The van der Waals surface area contributed by atoms with Gasteiger partial charge in [-0.15, -0.1) is 11.8 Å². The maximum atomic E-state index is 15.4. The van der Waals surface area contributed by atoms with E-state index in [0.717, 1.165) is 47.7 Å². The van der Waals surface area contributed by atoms with E-state index >= 15 is 4.39 Å². The molecule has 404 valence electrons.